The largest absolute Gasteiger partial charge is 2.00 e. The summed E-state index contributed by atoms with van der Waals surface area (Å²) < 4.78 is 0. The van der Waals surface area contributed by atoms with Crippen LogP contribution in [0.3, 0.4) is 0 Å². The molecule has 0 aliphatic heterocycles. The molecular weight excluding hydrogens is 543 g/mol. The molecule has 0 unspecified atom stereocenters. The van der Waals surface area contributed by atoms with Gasteiger partial charge in [0, 0.05) is 0 Å². The standard InChI is InChI=1S/2C14H12N2O3.Mn/c2*17-12-7-3-1-5-10(12)9-15-16-14(19)11-6-2-4-8-13(11)18;/h2*1-9,17-18H,(H,16,19);/q;;+2/p-2/b2*15-9+;. The number of phenolic OH excluding ortho intramolecular Hbond substituents is 2. The summed E-state index contributed by atoms with van der Waals surface area (Å²) in [4.78, 5) is 23.4. The second-order valence-electron chi connectivity index (χ2n) is 7.51. The predicted octanol–water partition coefficient (Wildman–Crippen LogP) is 2.46. The van der Waals surface area contributed by atoms with Crippen molar-refractivity contribution < 1.29 is 47.1 Å². The number of hydrogen-bond donors (Lipinski definition) is 4. The van der Waals surface area contributed by atoms with Gasteiger partial charge >= 0.3 is 17.1 Å². The number of carbonyl (C=O) groups excluding carboxylic acids is 2. The molecule has 1 radical (unpaired) electrons. The Balaban J connectivity index is 0.000000267. The van der Waals surface area contributed by atoms with Crippen molar-refractivity contribution in [2.24, 2.45) is 10.2 Å². The van der Waals surface area contributed by atoms with Crippen LogP contribution in [-0.2, 0) is 17.1 Å². The summed E-state index contributed by atoms with van der Waals surface area (Å²) in [5, 5.41) is 49.1. The summed E-state index contributed by atoms with van der Waals surface area (Å²) in [7, 11) is 0. The number of phenols is 2. The smallest absolute Gasteiger partial charge is 0.872 e. The van der Waals surface area contributed by atoms with Gasteiger partial charge in [-0.25, -0.2) is 10.9 Å². The first kappa shape index (κ1) is 30.1. The molecule has 0 saturated heterocycles. The van der Waals surface area contributed by atoms with Gasteiger partial charge in [-0.15, -0.1) is 0 Å². The van der Waals surface area contributed by atoms with Crippen molar-refractivity contribution in [2.45, 2.75) is 0 Å². The first-order chi connectivity index (χ1) is 18.4. The molecule has 0 bridgehead atoms. The topological polar surface area (TPSA) is 169 Å². The van der Waals surface area contributed by atoms with Gasteiger partial charge in [-0.1, -0.05) is 84.3 Å². The third-order valence-electron chi connectivity index (χ3n) is 4.87. The molecule has 4 N–H and O–H groups in total. The number of nitrogens with zero attached hydrogens (tertiary/aromatic N) is 2. The van der Waals surface area contributed by atoms with E-state index in [4.69, 9.17) is 0 Å². The van der Waals surface area contributed by atoms with Gasteiger partial charge < -0.3 is 20.4 Å². The normalized spacial score (nSPS) is 10.3. The number of para-hydroxylation sites is 4. The quantitative estimate of drug-likeness (QED) is 0.159. The molecule has 0 aliphatic rings. The maximum atomic E-state index is 11.7. The Morgan fingerprint density at radius 3 is 1.28 bits per heavy atom. The third kappa shape index (κ3) is 9.04. The molecule has 0 aliphatic carbocycles. The Morgan fingerprint density at radius 2 is 0.923 bits per heavy atom. The first-order valence-electron chi connectivity index (χ1n) is 11.1. The fourth-order valence-corrected chi connectivity index (χ4v) is 2.95. The molecule has 0 saturated carbocycles. The summed E-state index contributed by atoms with van der Waals surface area (Å²) in [6.45, 7) is 0. The molecule has 11 heteroatoms. The van der Waals surface area contributed by atoms with Crippen molar-refractivity contribution >= 4 is 24.2 Å². The van der Waals surface area contributed by atoms with Crippen LogP contribution in [0, 0.1) is 0 Å². The molecule has 0 fully saturated rings. The average molecular weight is 565 g/mol. The van der Waals surface area contributed by atoms with E-state index in [9.17, 15) is 30.0 Å². The van der Waals surface area contributed by atoms with E-state index in [1.54, 1.807) is 60.7 Å². The van der Waals surface area contributed by atoms with Crippen molar-refractivity contribution in [3.8, 4) is 23.0 Å². The van der Waals surface area contributed by atoms with Crippen LogP contribution >= 0.6 is 0 Å². The third-order valence-corrected chi connectivity index (χ3v) is 4.87. The van der Waals surface area contributed by atoms with Crippen molar-refractivity contribution in [3.63, 3.8) is 0 Å². The summed E-state index contributed by atoms with van der Waals surface area (Å²) in [5.41, 5.74) is 5.49. The molecule has 0 atom stereocenters. The molecule has 4 rings (SSSR count). The van der Waals surface area contributed by atoms with Gasteiger partial charge in [0.05, 0.1) is 23.6 Å². The molecule has 2 amide bonds. The Kier molecular flexibility index (Phi) is 11.7. The van der Waals surface area contributed by atoms with Gasteiger partial charge in [0.1, 0.15) is 11.5 Å². The Labute approximate surface area is 234 Å². The number of hydrazone groups is 2. The van der Waals surface area contributed by atoms with Crippen molar-refractivity contribution in [2.75, 3.05) is 0 Å². The number of aromatic hydroxyl groups is 2. The van der Waals surface area contributed by atoms with Gasteiger partial charge in [0.15, 0.2) is 0 Å². The molecule has 0 aromatic heterocycles. The van der Waals surface area contributed by atoms with E-state index in [1.165, 1.54) is 48.8 Å². The first-order valence-corrected chi connectivity index (χ1v) is 11.1. The van der Waals surface area contributed by atoms with E-state index in [1.807, 2.05) is 0 Å². The summed E-state index contributed by atoms with van der Waals surface area (Å²) in [6, 6.07) is 24.9. The van der Waals surface area contributed by atoms with Crippen LogP contribution in [0.15, 0.2) is 107 Å². The van der Waals surface area contributed by atoms with E-state index >= 15 is 0 Å². The maximum absolute atomic E-state index is 11.7. The number of nitrogens with one attached hydrogen (secondary N) is 2. The molecule has 10 nitrogen and oxygen atoms in total. The number of amides is 2. The van der Waals surface area contributed by atoms with E-state index in [0.717, 1.165) is 0 Å². The van der Waals surface area contributed by atoms with Crippen LogP contribution in [0.1, 0.15) is 31.8 Å². The molecule has 0 heterocycles. The number of benzene rings is 4. The van der Waals surface area contributed by atoms with Gasteiger partial charge in [-0.3, -0.25) is 9.59 Å². The van der Waals surface area contributed by atoms with Gasteiger partial charge in [-0.2, -0.15) is 10.2 Å². The zero-order valence-corrected chi connectivity index (χ0v) is 21.4. The minimum atomic E-state index is -0.544. The van der Waals surface area contributed by atoms with Crippen molar-refractivity contribution in [1.29, 1.82) is 0 Å². The molecule has 4 aromatic carbocycles. The minimum absolute atomic E-state index is 0. The molecule has 4 aromatic rings. The van der Waals surface area contributed by atoms with Gasteiger partial charge in [-0.05, 0) is 35.4 Å². The van der Waals surface area contributed by atoms with Crippen LogP contribution in [0.4, 0.5) is 0 Å². The van der Waals surface area contributed by atoms with Crippen LogP contribution in [0.2, 0.25) is 0 Å². The van der Waals surface area contributed by atoms with Crippen molar-refractivity contribution in [1.82, 2.24) is 10.9 Å². The fraction of sp³-hybridized carbons (Fsp3) is 0. The zero-order chi connectivity index (χ0) is 27.3. The number of rotatable bonds is 6. The molecule has 197 valence electrons. The monoisotopic (exact) mass is 565 g/mol. The fourth-order valence-electron chi connectivity index (χ4n) is 2.95. The predicted molar refractivity (Wildman–Crippen MR) is 138 cm³/mol. The molecule has 39 heavy (non-hydrogen) atoms. The van der Waals surface area contributed by atoms with E-state index < -0.39 is 11.8 Å². The Bertz CT molecular complexity index is 1360. The summed E-state index contributed by atoms with van der Waals surface area (Å²) in [6.07, 6.45) is 2.53. The van der Waals surface area contributed by atoms with Crippen LogP contribution < -0.4 is 21.1 Å². The second kappa shape index (κ2) is 15.2. The number of carbonyl (C=O) groups is 2. The van der Waals surface area contributed by atoms with Crippen molar-refractivity contribution in [3.05, 3.63) is 119 Å². The summed E-state index contributed by atoms with van der Waals surface area (Å²) in [5.74, 6) is -1.69. The second-order valence-corrected chi connectivity index (χ2v) is 7.51. The van der Waals surface area contributed by atoms with E-state index in [-0.39, 0.29) is 51.2 Å². The maximum Gasteiger partial charge on any atom is 2.00 e. The Morgan fingerprint density at radius 1 is 0.590 bits per heavy atom. The zero-order valence-electron chi connectivity index (χ0n) is 20.2. The molecular formula is C28H22MnN4O6. The number of hydrogen-bond acceptors (Lipinski definition) is 8. The van der Waals surface area contributed by atoms with Crippen LogP contribution in [0.25, 0.3) is 0 Å². The average Bonchev–Trinajstić information content (AvgIpc) is 2.91. The van der Waals surface area contributed by atoms with Gasteiger partial charge in [0.2, 0.25) is 0 Å². The van der Waals surface area contributed by atoms with Gasteiger partial charge in [0.25, 0.3) is 11.8 Å². The van der Waals surface area contributed by atoms with Crippen LogP contribution in [0.5, 0.6) is 23.0 Å². The molecule has 0 spiro atoms. The minimum Gasteiger partial charge on any atom is -0.872 e. The van der Waals surface area contributed by atoms with Crippen LogP contribution in [-0.4, -0.2) is 34.5 Å². The van der Waals surface area contributed by atoms with E-state index in [0.29, 0.717) is 11.1 Å². The summed E-state index contributed by atoms with van der Waals surface area (Å²) >= 11 is 0. The SMILES string of the molecule is O=C(N/N=C/c1ccccc1[O-])c1ccccc1O.O=C(N/N=C/c1ccccc1[O-])c1ccccc1O.[Mn+2]. The Hall–Kier alpha value is -5.12. The van der Waals surface area contributed by atoms with E-state index in [2.05, 4.69) is 21.1 Å².